The van der Waals surface area contributed by atoms with E-state index in [4.69, 9.17) is 5.73 Å². The fourth-order valence-electron chi connectivity index (χ4n) is 3.65. The van der Waals surface area contributed by atoms with Gasteiger partial charge in [-0.05, 0) is 36.8 Å². The van der Waals surface area contributed by atoms with Gasteiger partial charge in [-0.1, -0.05) is 12.1 Å². The van der Waals surface area contributed by atoms with Crippen LogP contribution in [0.1, 0.15) is 51.0 Å². The molecule has 0 aliphatic carbocycles. The smallest absolute Gasteiger partial charge is 0.178 e. The van der Waals surface area contributed by atoms with E-state index in [2.05, 4.69) is 15.4 Å². The summed E-state index contributed by atoms with van der Waals surface area (Å²) in [7, 11) is 1.70. The van der Waals surface area contributed by atoms with Crippen LogP contribution in [0.5, 0.6) is 0 Å². The lowest BCUT2D eigenvalue weighted by atomic mass is 9.79. The molecule has 2 unspecified atom stereocenters. The van der Waals surface area contributed by atoms with Crippen molar-refractivity contribution in [1.82, 2.24) is 14.8 Å². The highest BCUT2D eigenvalue weighted by molar-refractivity contribution is 6.15. The molecule has 142 valence electrons. The lowest BCUT2D eigenvalue weighted by Gasteiger charge is -2.34. The van der Waals surface area contributed by atoms with Crippen molar-refractivity contribution in [3.05, 3.63) is 71.1 Å². The van der Waals surface area contributed by atoms with Crippen molar-refractivity contribution < 1.29 is 14.0 Å². The van der Waals surface area contributed by atoms with Crippen LogP contribution in [0.2, 0.25) is 0 Å². The minimum atomic E-state index is -0.743. The molecule has 1 aliphatic rings. The molecule has 2 aromatic carbocycles. The van der Waals surface area contributed by atoms with Gasteiger partial charge in [0.05, 0.1) is 11.6 Å². The molecule has 2 heterocycles. The zero-order chi connectivity index (χ0) is 20.0. The van der Waals surface area contributed by atoms with Crippen molar-refractivity contribution in [2.45, 2.75) is 18.9 Å². The second kappa shape index (κ2) is 6.56. The number of nitrogen functional groups attached to an aromatic ring is 1. The fraction of sp³-hybridized carbons (Fsp3) is 0.200. The van der Waals surface area contributed by atoms with Crippen LogP contribution in [0.25, 0.3) is 0 Å². The third kappa shape index (κ3) is 2.83. The maximum Gasteiger partial charge on any atom is 0.178 e. The number of fused-ring (bicyclic) bond motifs is 1. The number of ketones is 2. The van der Waals surface area contributed by atoms with Crippen LogP contribution in [0.3, 0.4) is 0 Å². The largest absolute Gasteiger partial charge is 0.399 e. The molecule has 0 amide bonds. The van der Waals surface area contributed by atoms with Gasteiger partial charge in [0.25, 0.3) is 0 Å². The molecule has 0 spiro atoms. The number of halogens is 1. The van der Waals surface area contributed by atoms with E-state index < -0.39 is 17.8 Å². The SMILES string of the molecule is CC(=O)c1cc(F)cc2c1C(=O)C(c1ncnn1C)C(c1ccc(N)cc1)N2. The van der Waals surface area contributed by atoms with E-state index in [1.165, 1.54) is 24.0 Å². The number of carbonyl (C=O) groups excluding carboxylic acids is 2. The molecule has 2 atom stereocenters. The average Bonchev–Trinajstić information content (AvgIpc) is 3.06. The van der Waals surface area contributed by atoms with E-state index in [0.717, 1.165) is 11.6 Å². The Morgan fingerprint density at radius 3 is 2.57 bits per heavy atom. The van der Waals surface area contributed by atoms with E-state index in [1.807, 2.05) is 0 Å². The van der Waals surface area contributed by atoms with Gasteiger partial charge in [-0.15, -0.1) is 0 Å². The number of benzene rings is 2. The molecule has 0 saturated carbocycles. The Kier molecular flexibility index (Phi) is 4.18. The highest BCUT2D eigenvalue weighted by Gasteiger charge is 2.41. The third-order valence-corrected chi connectivity index (χ3v) is 4.98. The molecule has 8 heteroatoms. The van der Waals surface area contributed by atoms with E-state index in [-0.39, 0.29) is 28.4 Å². The average molecular weight is 379 g/mol. The molecule has 7 nitrogen and oxygen atoms in total. The van der Waals surface area contributed by atoms with Gasteiger partial charge < -0.3 is 11.1 Å². The minimum Gasteiger partial charge on any atom is -0.399 e. The summed E-state index contributed by atoms with van der Waals surface area (Å²) in [6.45, 7) is 1.31. The van der Waals surface area contributed by atoms with Crippen LogP contribution in [0.4, 0.5) is 15.8 Å². The highest BCUT2D eigenvalue weighted by Crippen LogP contribution is 2.43. The van der Waals surface area contributed by atoms with Gasteiger partial charge in [0, 0.05) is 24.0 Å². The van der Waals surface area contributed by atoms with Crippen LogP contribution in [0.15, 0.2) is 42.7 Å². The first kappa shape index (κ1) is 17.8. The monoisotopic (exact) mass is 379 g/mol. The number of carbonyl (C=O) groups is 2. The van der Waals surface area contributed by atoms with Crippen molar-refractivity contribution in [3.8, 4) is 0 Å². The number of aromatic nitrogens is 3. The predicted octanol–water partition coefficient (Wildman–Crippen LogP) is 2.87. The van der Waals surface area contributed by atoms with Crippen molar-refractivity contribution in [2.24, 2.45) is 7.05 Å². The van der Waals surface area contributed by atoms with Crippen molar-refractivity contribution in [1.29, 1.82) is 0 Å². The Morgan fingerprint density at radius 2 is 1.96 bits per heavy atom. The summed E-state index contributed by atoms with van der Waals surface area (Å²) >= 11 is 0. The molecule has 0 radical (unpaired) electrons. The first-order valence-electron chi connectivity index (χ1n) is 8.71. The predicted molar refractivity (Wildman–Crippen MR) is 102 cm³/mol. The van der Waals surface area contributed by atoms with Crippen LogP contribution in [-0.4, -0.2) is 26.3 Å². The van der Waals surface area contributed by atoms with E-state index in [0.29, 0.717) is 11.5 Å². The number of aryl methyl sites for hydroxylation is 1. The quantitative estimate of drug-likeness (QED) is 0.536. The molecule has 28 heavy (non-hydrogen) atoms. The summed E-state index contributed by atoms with van der Waals surface area (Å²) in [5, 5.41) is 7.30. The zero-order valence-corrected chi connectivity index (χ0v) is 15.3. The van der Waals surface area contributed by atoms with Gasteiger partial charge >= 0.3 is 0 Å². The van der Waals surface area contributed by atoms with Gasteiger partial charge in [0.2, 0.25) is 0 Å². The van der Waals surface area contributed by atoms with Crippen molar-refractivity contribution >= 4 is 22.9 Å². The summed E-state index contributed by atoms with van der Waals surface area (Å²) in [4.78, 5) is 29.9. The zero-order valence-electron chi connectivity index (χ0n) is 15.3. The van der Waals surface area contributed by atoms with E-state index in [1.54, 1.807) is 31.3 Å². The fourth-order valence-corrected chi connectivity index (χ4v) is 3.65. The van der Waals surface area contributed by atoms with E-state index >= 15 is 0 Å². The number of nitrogens with one attached hydrogen (secondary N) is 1. The Balaban J connectivity index is 1.94. The molecule has 0 fully saturated rings. The van der Waals surface area contributed by atoms with Gasteiger partial charge in [-0.25, -0.2) is 9.37 Å². The lowest BCUT2D eigenvalue weighted by Crippen LogP contribution is -2.34. The molecule has 0 bridgehead atoms. The van der Waals surface area contributed by atoms with Gasteiger partial charge in [-0.2, -0.15) is 5.10 Å². The Hall–Kier alpha value is -3.55. The first-order chi connectivity index (χ1) is 13.4. The number of anilines is 2. The van der Waals surface area contributed by atoms with Crippen LogP contribution in [-0.2, 0) is 7.05 Å². The topological polar surface area (TPSA) is 103 Å². The Bertz CT molecular complexity index is 1090. The van der Waals surface area contributed by atoms with Crippen molar-refractivity contribution in [3.63, 3.8) is 0 Å². The number of hydrogen-bond acceptors (Lipinski definition) is 6. The minimum absolute atomic E-state index is 0.0513. The molecular formula is C20H18FN5O2. The summed E-state index contributed by atoms with van der Waals surface area (Å²) in [5.41, 5.74) is 7.68. The maximum atomic E-state index is 14.1. The van der Waals surface area contributed by atoms with Crippen LogP contribution in [0, 0.1) is 5.82 Å². The molecule has 0 saturated heterocycles. The molecule has 1 aliphatic heterocycles. The Labute approximate surface area is 160 Å². The maximum absolute atomic E-state index is 14.1. The van der Waals surface area contributed by atoms with Gasteiger partial charge in [0.1, 0.15) is 23.9 Å². The second-order valence-electron chi connectivity index (χ2n) is 6.80. The number of rotatable bonds is 3. The summed E-state index contributed by atoms with van der Waals surface area (Å²) in [6.07, 6.45) is 1.37. The molecule has 1 aromatic heterocycles. The summed E-state index contributed by atoms with van der Waals surface area (Å²) < 4.78 is 15.6. The first-order valence-corrected chi connectivity index (χ1v) is 8.71. The number of nitrogens with two attached hydrogens (primary N) is 1. The highest BCUT2D eigenvalue weighted by atomic mass is 19.1. The third-order valence-electron chi connectivity index (χ3n) is 4.98. The molecular weight excluding hydrogens is 361 g/mol. The summed E-state index contributed by atoms with van der Waals surface area (Å²) in [6, 6.07) is 8.88. The molecule has 4 rings (SSSR count). The molecule has 3 N–H and O–H groups in total. The lowest BCUT2D eigenvalue weighted by molar-refractivity contribution is 0.0925. The van der Waals surface area contributed by atoms with Gasteiger partial charge in [0.15, 0.2) is 11.6 Å². The second-order valence-corrected chi connectivity index (χ2v) is 6.80. The van der Waals surface area contributed by atoms with Gasteiger partial charge in [-0.3, -0.25) is 14.3 Å². The Morgan fingerprint density at radius 1 is 1.25 bits per heavy atom. The standard InChI is InChI=1S/C20H18FN5O2/c1-10(27)14-7-12(21)8-15-16(14)19(28)17(20-23-9-24-26(20)2)18(25-15)11-3-5-13(22)6-4-11/h3-9,17-18,25H,22H2,1-2H3. The number of nitrogens with zero attached hydrogens (tertiary/aromatic N) is 3. The number of Topliss-reactive ketones (excluding diaryl/α,β-unsaturated/α-hetero) is 2. The van der Waals surface area contributed by atoms with Crippen LogP contribution >= 0.6 is 0 Å². The van der Waals surface area contributed by atoms with Crippen molar-refractivity contribution in [2.75, 3.05) is 11.1 Å². The van der Waals surface area contributed by atoms with Crippen LogP contribution < -0.4 is 11.1 Å². The molecule has 3 aromatic rings. The van der Waals surface area contributed by atoms with E-state index in [9.17, 15) is 14.0 Å². The number of hydrogen-bond donors (Lipinski definition) is 2. The normalized spacial score (nSPS) is 18.5. The summed E-state index contributed by atoms with van der Waals surface area (Å²) in [5.74, 6) is -1.57.